The van der Waals surface area contributed by atoms with E-state index in [9.17, 15) is 4.79 Å². The topological polar surface area (TPSA) is 56.2 Å². The third kappa shape index (κ3) is 4.65. The summed E-state index contributed by atoms with van der Waals surface area (Å²) in [6.45, 7) is 5.17. The maximum Gasteiger partial charge on any atom is 0.261 e. The molecule has 1 amide bonds. The van der Waals surface area contributed by atoms with Gasteiger partial charge in [-0.25, -0.2) is 0 Å². The molecule has 0 bridgehead atoms. The SMILES string of the molecule is CCn1ccc(C(C)NC(=O)c2cc(COc3ccc(Cl)cc3)cs2)n1. The molecule has 1 N–H and O–H groups in total. The van der Waals surface area contributed by atoms with Crippen LogP contribution in [0.5, 0.6) is 5.75 Å². The number of thiophene rings is 1. The quantitative estimate of drug-likeness (QED) is 0.637. The molecule has 1 aromatic carbocycles. The van der Waals surface area contributed by atoms with Gasteiger partial charge in [0.2, 0.25) is 0 Å². The van der Waals surface area contributed by atoms with Crippen LogP contribution in [0.1, 0.15) is 40.8 Å². The number of hydrogen-bond acceptors (Lipinski definition) is 4. The minimum absolute atomic E-state index is 0.105. The van der Waals surface area contributed by atoms with Gasteiger partial charge in [-0.2, -0.15) is 5.10 Å². The summed E-state index contributed by atoms with van der Waals surface area (Å²) in [6.07, 6.45) is 1.91. The summed E-state index contributed by atoms with van der Waals surface area (Å²) < 4.78 is 7.55. The van der Waals surface area contributed by atoms with Crippen LogP contribution in [0.2, 0.25) is 5.02 Å². The second kappa shape index (κ2) is 8.38. The minimum atomic E-state index is -0.147. The van der Waals surface area contributed by atoms with Gasteiger partial charge in [0.25, 0.3) is 5.91 Å². The van der Waals surface area contributed by atoms with E-state index in [4.69, 9.17) is 16.3 Å². The molecule has 3 rings (SSSR count). The van der Waals surface area contributed by atoms with Crippen molar-refractivity contribution in [2.24, 2.45) is 0 Å². The molecule has 7 heteroatoms. The number of nitrogens with one attached hydrogen (secondary N) is 1. The molecule has 136 valence electrons. The Morgan fingerprint density at radius 3 is 2.81 bits per heavy atom. The van der Waals surface area contributed by atoms with E-state index in [1.807, 2.05) is 54.4 Å². The lowest BCUT2D eigenvalue weighted by atomic mass is 10.2. The minimum Gasteiger partial charge on any atom is -0.489 e. The fourth-order valence-electron chi connectivity index (χ4n) is 2.39. The number of nitrogens with zero attached hydrogens (tertiary/aromatic N) is 2. The van der Waals surface area contributed by atoms with Gasteiger partial charge >= 0.3 is 0 Å². The molecule has 2 aromatic heterocycles. The van der Waals surface area contributed by atoms with E-state index in [0.29, 0.717) is 16.5 Å². The average molecular weight is 390 g/mol. The summed E-state index contributed by atoms with van der Waals surface area (Å²) in [5.74, 6) is 0.637. The fourth-order valence-corrected chi connectivity index (χ4v) is 3.32. The highest BCUT2D eigenvalue weighted by atomic mass is 35.5. The second-order valence-electron chi connectivity index (χ2n) is 5.85. The van der Waals surface area contributed by atoms with Crippen molar-refractivity contribution in [3.63, 3.8) is 0 Å². The Morgan fingerprint density at radius 2 is 2.12 bits per heavy atom. The zero-order chi connectivity index (χ0) is 18.5. The molecule has 2 heterocycles. The highest BCUT2D eigenvalue weighted by molar-refractivity contribution is 7.12. The van der Waals surface area contributed by atoms with Crippen molar-refractivity contribution in [1.29, 1.82) is 0 Å². The summed E-state index contributed by atoms with van der Waals surface area (Å²) >= 11 is 7.26. The Hall–Kier alpha value is -2.31. The first kappa shape index (κ1) is 18.5. The van der Waals surface area contributed by atoms with Crippen molar-refractivity contribution in [2.45, 2.75) is 33.0 Å². The maximum atomic E-state index is 12.4. The summed E-state index contributed by atoms with van der Waals surface area (Å²) in [4.78, 5) is 13.1. The van der Waals surface area contributed by atoms with Gasteiger partial charge in [-0.05, 0) is 55.6 Å². The van der Waals surface area contributed by atoms with Crippen LogP contribution in [0.25, 0.3) is 0 Å². The molecule has 3 aromatic rings. The van der Waals surface area contributed by atoms with Crippen molar-refractivity contribution in [2.75, 3.05) is 0 Å². The Kier molecular flexibility index (Phi) is 5.96. The zero-order valence-electron chi connectivity index (χ0n) is 14.6. The number of rotatable bonds is 7. The number of benzene rings is 1. The van der Waals surface area contributed by atoms with E-state index in [0.717, 1.165) is 23.6 Å². The van der Waals surface area contributed by atoms with Crippen LogP contribution in [0, 0.1) is 0 Å². The molecule has 0 fully saturated rings. The molecular formula is C19H20ClN3O2S. The van der Waals surface area contributed by atoms with Gasteiger partial charge in [0, 0.05) is 23.3 Å². The molecule has 0 aliphatic rings. The van der Waals surface area contributed by atoms with Crippen LogP contribution in [-0.4, -0.2) is 15.7 Å². The van der Waals surface area contributed by atoms with Crippen molar-refractivity contribution in [3.8, 4) is 5.75 Å². The summed E-state index contributed by atoms with van der Waals surface area (Å²) in [5.41, 5.74) is 1.81. The Labute approximate surface area is 161 Å². The lowest BCUT2D eigenvalue weighted by molar-refractivity contribution is 0.0943. The molecule has 0 saturated carbocycles. The fraction of sp³-hybridized carbons (Fsp3) is 0.263. The Balaban J connectivity index is 1.56. The molecule has 1 unspecified atom stereocenters. The summed E-state index contributed by atoms with van der Waals surface area (Å²) in [6, 6.07) is 10.8. The number of carbonyl (C=O) groups excluding carboxylic acids is 1. The first-order chi connectivity index (χ1) is 12.5. The second-order valence-corrected chi connectivity index (χ2v) is 7.20. The van der Waals surface area contributed by atoms with Gasteiger partial charge in [0.05, 0.1) is 16.6 Å². The Bertz CT molecular complexity index is 873. The van der Waals surface area contributed by atoms with Gasteiger partial charge in [-0.3, -0.25) is 9.48 Å². The molecule has 0 radical (unpaired) electrons. The number of carbonyl (C=O) groups is 1. The lowest BCUT2D eigenvalue weighted by Gasteiger charge is -2.10. The normalized spacial score (nSPS) is 12.0. The standard InChI is InChI=1S/C19H20ClN3O2S/c1-3-23-9-8-17(22-23)13(2)21-19(24)18-10-14(12-26-18)11-25-16-6-4-15(20)5-7-16/h4-10,12-13H,3,11H2,1-2H3,(H,21,24). The van der Waals surface area contributed by atoms with E-state index in [2.05, 4.69) is 10.4 Å². The smallest absolute Gasteiger partial charge is 0.261 e. The van der Waals surface area contributed by atoms with Crippen LogP contribution in [0.3, 0.4) is 0 Å². The van der Waals surface area contributed by atoms with E-state index in [-0.39, 0.29) is 11.9 Å². The average Bonchev–Trinajstić information content (AvgIpc) is 3.30. The number of ether oxygens (including phenoxy) is 1. The monoisotopic (exact) mass is 389 g/mol. The number of aromatic nitrogens is 2. The molecule has 0 saturated heterocycles. The molecule has 26 heavy (non-hydrogen) atoms. The number of hydrogen-bond donors (Lipinski definition) is 1. The molecule has 1 atom stereocenters. The predicted octanol–water partition coefficient (Wildman–Crippen LogP) is 4.69. The van der Waals surface area contributed by atoms with Crippen LogP contribution >= 0.6 is 22.9 Å². The third-order valence-electron chi connectivity index (χ3n) is 3.87. The zero-order valence-corrected chi connectivity index (χ0v) is 16.2. The van der Waals surface area contributed by atoms with Gasteiger partial charge in [-0.15, -0.1) is 11.3 Å². The largest absolute Gasteiger partial charge is 0.489 e. The van der Waals surface area contributed by atoms with Crippen molar-refractivity contribution >= 4 is 28.8 Å². The van der Waals surface area contributed by atoms with E-state index in [1.54, 1.807) is 12.1 Å². The van der Waals surface area contributed by atoms with Gasteiger partial charge in [0.15, 0.2) is 0 Å². The highest BCUT2D eigenvalue weighted by Crippen LogP contribution is 2.20. The van der Waals surface area contributed by atoms with Crippen LogP contribution < -0.4 is 10.1 Å². The predicted molar refractivity (Wildman–Crippen MR) is 104 cm³/mol. The van der Waals surface area contributed by atoms with Crippen LogP contribution in [0.15, 0.2) is 48.0 Å². The van der Waals surface area contributed by atoms with Crippen LogP contribution in [0.4, 0.5) is 0 Å². The van der Waals surface area contributed by atoms with Crippen molar-refractivity contribution in [3.05, 3.63) is 69.1 Å². The van der Waals surface area contributed by atoms with Gasteiger partial charge in [0.1, 0.15) is 12.4 Å². The van der Waals surface area contributed by atoms with E-state index < -0.39 is 0 Å². The Morgan fingerprint density at radius 1 is 1.35 bits per heavy atom. The van der Waals surface area contributed by atoms with Crippen molar-refractivity contribution < 1.29 is 9.53 Å². The molecule has 0 aliphatic carbocycles. The maximum absolute atomic E-state index is 12.4. The molecular weight excluding hydrogens is 370 g/mol. The van der Waals surface area contributed by atoms with Crippen LogP contribution in [-0.2, 0) is 13.2 Å². The van der Waals surface area contributed by atoms with Gasteiger partial charge in [-0.1, -0.05) is 11.6 Å². The van der Waals surface area contributed by atoms with Gasteiger partial charge < -0.3 is 10.1 Å². The van der Waals surface area contributed by atoms with E-state index in [1.165, 1.54) is 11.3 Å². The first-order valence-electron chi connectivity index (χ1n) is 8.35. The third-order valence-corrected chi connectivity index (χ3v) is 5.10. The number of halogens is 1. The number of aryl methyl sites for hydroxylation is 1. The van der Waals surface area contributed by atoms with E-state index >= 15 is 0 Å². The molecule has 0 spiro atoms. The van der Waals surface area contributed by atoms with Crippen molar-refractivity contribution in [1.82, 2.24) is 15.1 Å². The number of amides is 1. The lowest BCUT2D eigenvalue weighted by Crippen LogP contribution is -2.26. The highest BCUT2D eigenvalue weighted by Gasteiger charge is 2.15. The molecule has 5 nitrogen and oxygen atoms in total. The molecule has 0 aliphatic heterocycles. The first-order valence-corrected chi connectivity index (χ1v) is 9.61. The summed E-state index contributed by atoms with van der Waals surface area (Å²) in [5, 5.41) is 10.0. The summed E-state index contributed by atoms with van der Waals surface area (Å²) in [7, 11) is 0.